The Bertz CT molecular complexity index is 1310. The Morgan fingerprint density at radius 3 is 2.97 bits per heavy atom. The highest BCUT2D eigenvalue weighted by Crippen LogP contribution is 2.24. The summed E-state index contributed by atoms with van der Waals surface area (Å²) in [7, 11) is 0. The fourth-order valence-corrected chi connectivity index (χ4v) is 4.05. The molecule has 1 aromatic carbocycles. The molecule has 0 fully saturated rings. The third-order valence-corrected chi connectivity index (χ3v) is 5.59. The molecule has 0 bridgehead atoms. The van der Waals surface area contributed by atoms with Crippen LogP contribution in [0.15, 0.2) is 47.7 Å². The topological polar surface area (TPSA) is 89.7 Å². The fraction of sp³-hybridized carbons (Fsp3) is 0.238. The Morgan fingerprint density at radius 1 is 1.23 bits per heavy atom. The SMILES string of the molecule is CCn1c(=O)c2cnc(Nc3ccc4c(c3)CNCC4)nc2n1-c1ccncc1Cl. The van der Waals surface area contributed by atoms with E-state index in [-0.39, 0.29) is 5.56 Å². The molecule has 0 unspecified atom stereocenters. The number of rotatable bonds is 4. The van der Waals surface area contributed by atoms with Crippen LogP contribution in [-0.4, -0.2) is 30.9 Å². The van der Waals surface area contributed by atoms with Gasteiger partial charge in [-0.25, -0.2) is 14.3 Å². The summed E-state index contributed by atoms with van der Waals surface area (Å²) in [5.41, 5.74) is 4.51. The van der Waals surface area contributed by atoms with E-state index in [9.17, 15) is 4.79 Å². The largest absolute Gasteiger partial charge is 0.324 e. The van der Waals surface area contributed by atoms with Crippen molar-refractivity contribution < 1.29 is 0 Å². The van der Waals surface area contributed by atoms with Crippen molar-refractivity contribution in [3.05, 3.63) is 69.4 Å². The molecule has 4 heterocycles. The molecule has 0 atom stereocenters. The van der Waals surface area contributed by atoms with Crippen LogP contribution in [0, 0.1) is 0 Å². The molecule has 1 aliphatic heterocycles. The molecule has 8 nitrogen and oxygen atoms in total. The van der Waals surface area contributed by atoms with Crippen LogP contribution in [0.25, 0.3) is 16.7 Å². The molecule has 3 aromatic heterocycles. The molecule has 5 rings (SSSR count). The maximum absolute atomic E-state index is 12.9. The molecule has 0 radical (unpaired) electrons. The first-order valence-corrected chi connectivity index (χ1v) is 10.2. The number of pyridine rings is 1. The smallest absolute Gasteiger partial charge is 0.278 e. The minimum absolute atomic E-state index is 0.160. The zero-order chi connectivity index (χ0) is 20.7. The number of hydrogen-bond donors (Lipinski definition) is 2. The molecule has 2 N–H and O–H groups in total. The monoisotopic (exact) mass is 421 g/mol. The van der Waals surface area contributed by atoms with Gasteiger partial charge >= 0.3 is 0 Å². The summed E-state index contributed by atoms with van der Waals surface area (Å²) < 4.78 is 3.32. The summed E-state index contributed by atoms with van der Waals surface area (Å²) in [6.07, 6.45) is 5.78. The zero-order valence-electron chi connectivity index (χ0n) is 16.4. The van der Waals surface area contributed by atoms with Gasteiger partial charge in [0.15, 0.2) is 5.65 Å². The molecule has 0 amide bonds. The van der Waals surface area contributed by atoms with Gasteiger partial charge in [-0.1, -0.05) is 17.7 Å². The Morgan fingerprint density at radius 2 is 2.13 bits per heavy atom. The van der Waals surface area contributed by atoms with Crippen molar-refractivity contribution in [3.63, 3.8) is 0 Å². The van der Waals surface area contributed by atoms with E-state index in [1.807, 2.05) is 13.0 Å². The Hall–Kier alpha value is -3.23. The number of aromatic nitrogens is 5. The minimum Gasteiger partial charge on any atom is -0.324 e. The molecule has 4 aromatic rings. The van der Waals surface area contributed by atoms with Crippen molar-refractivity contribution >= 4 is 34.3 Å². The maximum atomic E-state index is 12.9. The molecule has 0 saturated heterocycles. The minimum atomic E-state index is -0.160. The lowest BCUT2D eigenvalue weighted by molar-refractivity contribution is 0.575. The number of anilines is 2. The third-order valence-electron chi connectivity index (χ3n) is 5.30. The van der Waals surface area contributed by atoms with Gasteiger partial charge in [0.25, 0.3) is 5.56 Å². The highest BCUT2D eigenvalue weighted by atomic mass is 35.5. The number of benzene rings is 1. The van der Waals surface area contributed by atoms with Crippen molar-refractivity contribution in [2.24, 2.45) is 0 Å². The van der Waals surface area contributed by atoms with E-state index in [2.05, 4.69) is 37.7 Å². The summed E-state index contributed by atoms with van der Waals surface area (Å²) in [5, 5.41) is 7.52. The average molecular weight is 422 g/mol. The highest BCUT2D eigenvalue weighted by molar-refractivity contribution is 6.32. The first-order valence-electron chi connectivity index (χ1n) is 9.83. The molecule has 0 aliphatic carbocycles. The summed E-state index contributed by atoms with van der Waals surface area (Å²) in [4.78, 5) is 25.9. The van der Waals surface area contributed by atoms with Crippen molar-refractivity contribution in [2.75, 3.05) is 11.9 Å². The molecule has 1 aliphatic rings. The van der Waals surface area contributed by atoms with Crippen molar-refractivity contribution in [2.45, 2.75) is 26.4 Å². The van der Waals surface area contributed by atoms with Gasteiger partial charge in [-0.3, -0.25) is 9.78 Å². The fourth-order valence-electron chi connectivity index (χ4n) is 3.85. The molecule has 30 heavy (non-hydrogen) atoms. The molecule has 152 valence electrons. The average Bonchev–Trinajstić information content (AvgIpc) is 3.05. The molecule has 0 spiro atoms. The van der Waals surface area contributed by atoms with Crippen LogP contribution in [0.4, 0.5) is 11.6 Å². The Labute approximate surface area is 177 Å². The molecular formula is C21H20ClN7O. The standard InChI is InChI=1S/C21H20ClN7O/c1-2-28-20(30)16-11-25-21(26-15-4-3-13-5-7-23-10-14(13)9-15)27-19(16)29(28)18-6-8-24-12-17(18)22/h3-4,6,8-9,11-12,23H,2,5,7,10H2,1H3,(H,25,26,27). The molecular weight excluding hydrogens is 402 g/mol. The van der Waals surface area contributed by atoms with E-state index in [1.54, 1.807) is 34.0 Å². The van der Waals surface area contributed by atoms with Gasteiger partial charge in [-0.15, -0.1) is 0 Å². The molecule has 0 saturated carbocycles. The number of nitrogens with zero attached hydrogens (tertiary/aromatic N) is 5. The van der Waals surface area contributed by atoms with Gasteiger partial charge in [0, 0.05) is 37.4 Å². The van der Waals surface area contributed by atoms with E-state index in [0.717, 1.165) is 25.2 Å². The van der Waals surface area contributed by atoms with Crippen molar-refractivity contribution in [1.29, 1.82) is 0 Å². The number of fused-ring (bicyclic) bond motifs is 2. The summed E-state index contributed by atoms with van der Waals surface area (Å²) in [6.45, 7) is 4.22. The van der Waals surface area contributed by atoms with E-state index >= 15 is 0 Å². The first kappa shape index (κ1) is 18.8. The number of halogens is 1. The van der Waals surface area contributed by atoms with Gasteiger partial charge in [0.1, 0.15) is 5.39 Å². The summed E-state index contributed by atoms with van der Waals surface area (Å²) in [6, 6.07) is 8.04. The van der Waals surface area contributed by atoms with E-state index < -0.39 is 0 Å². The lowest BCUT2D eigenvalue weighted by atomic mass is 10.0. The second-order valence-electron chi connectivity index (χ2n) is 7.13. The van der Waals surface area contributed by atoms with Crippen LogP contribution in [0.5, 0.6) is 0 Å². The lowest BCUT2D eigenvalue weighted by Crippen LogP contribution is -2.23. The van der Waals surface area contributed by atoms with E-state index in [0.29, 0.717) is 34.2 Å². The van der Waals surface area contributed by atoms with Crippen LogP contribution in [-0.2, 0) is 19.5 Å². The highest BCUT2D eigenvalue weighted by Gasteiger charge is 2.18. The van der Waals surface area contributed by atoms with Crippen molar-refractivity contribution in [3.8, 4) is 5.69 Å². The third kappa shape index (κ3) is 3.14. The number of hydrogen-bond acceptors (Lipinski definition) is 6. The quantitative estimate of drug-likeness (QED) is 0.526. The lowest BCUT2D eigenvalue weighted by Gasteiger charge is -2.18. The van der Waals surface area contributed by atoms with Crippen molar-refractivity contribution in [1.82, 2.24) is 29.6 Å². The van der Waals surface area contributed by atoms with E-state index in [1.165, 1.54) is 11.1 Å². The van der Waals surface area contributed by atoms with Gasteiger partial charge in [-0.2, -0.15) is 4.98 Å². The summed E-state index contributed by atoms with van der Waals surface area (Å²) in [5.74, 6) is 0.415. The van der Waals surface area contributed by atoms with Gasteiger partial charge in [-0.05, 0) is 49.2 Å². The predicted octanol–water partition coefficient (Wildman–Crippen LogP) is 3.04. The van der Waals surface area contributed by atoms with Gasteiger partial charge in [0.2, 0.25) is 5.95 Å². The predicted molar refractivity (Wildman–Crippen MR) is 117 cm³/mol. The maximum Gasteiger partial charge on any atom is 0.278 e. The first-order chi connectivity index (χ1) is 14.7. The second kappa shape index (κ2) is 7.55. The van der Waals surface area contributed by atoms with Gasteiger partial charge in [0.05, 0.1) is 10.7 Å². The Balaban J connectivity index is 1.61. The van der Waals surface area contributed by atoms with Crippen LogP contribution < -0.4 is 16.2 Å². The Kier molecular flexibility index (Phi) is 4.72. The van der Waals surface area contributed by atoms with Crippen LogP contribution >= 0.6 is 11.6 Å². The normalized spacial score (nSPS) is 13.4. The number of nitrogens with one attached hydrogen (secondary N) is 2. The molecule has 9 heteroatoms. The van der Waals surface area contributed by atoms with Crippen LogP contribution in [0.1, 0.15) is 18.1 Å². The second-order valence-corrected chi connectivity index (χ2v) is 7.53. The van der Waals surface area contributed by atoms with Crippen LogP contribution in [0.2, 0.25) is 5.02 Å². The zero-order valence-corrected chi connectivity index (χ0v) is 17.1. The van der Waals surface area contributed by atoms with Gasteiger partial charge < -0.3 is 10.6 Å². The van der Waals surface area contributed by atoms with E-state index in [4.69, 9.17) is 11.6 Å². The summed E-state index contributed by atoms with van der Waals surface area (Å²) >= 11 is 6.37. The van der Waals surface area contributed by atoms with Crippen LogP contribution in [0.3, 0.4) is 0 Å².